The van der Waals surface area contributed by atoms with E-state index < -0.39 is 0 Å². The summed E-state index contributed by atoms with van der Waals surface area (Å²) in [4.78, 5) is 13.1. The van der Waals surface area contributed by atoms with Gasteiger partial charge in [0.25, 0.3) is 0 Å². The molecular formula is C10H11N2OY-. The molecule has 14 heavy (non-hydrogen) atoms. The summed E-state index contributed by atoms with van der Waals surface area (Å²) in [7, 11) is 1.79. The van der Waals surface area contributed by atoms with E-state index in [9.17, 15) is 4.79 Å². The van der Waals surface area contributed by atoms with Gasteiger partial charge in [0, 0.05) is 45.4 Å². The van der Waals surface area contributed by atoms with Crippen molar-refractivity contribution in [3.05, 3.63) is 35.1 Å². The number of nitrogens with zero attached hydrogens (tertiary/aromatic N) is 2. The summed E-state index contributed by atoms with van der Waals surface area (Å²) in [5, 5.41) is 4.15. The Bertz CT molecular complexity index is 341. The molecule has 3 nitrogen and oxygen atoms in total. The largest absolute Gasteiger partial charge is 0.651 e. The molecule has 1 radical (unpaired) electrons. The number of carbonyl (C=O) groups is 1. The van der Waals surface area contributed by atoms with E-state index in [-0.39, 0.29) is 38.6 Å². The number of fused-ring (bicyclic) bond motifs is 1. The third kappa shape index (κ3) is 2.22. The summed E-state index contributed by atoms with van der Waals surface area (Å²) >= 11 is 0. The Kier molecular flexibility index (Phi) is 4.23. The number of amides is 1. The van der Waals surface area contributed by atoms with Crippen molar-refractivity contribution in [1.29, 1.82) is 0 Å². The molecule has 1 aromatic rings. The van der Waals surface area contributed by atoms with Gasteiger partial charge in [0.1, 0.15) is 0 Å². The van der Waals surface area contributed by atoms with E-state index in [0.29, 0.717) is 13.1 Å². The molecule has 0 aliphatic carbocycles. The minimum atomic E-state index is 0. The third-order valence-corrected chi connectivity index (χ3v) is 2.26. The first-order valence-electron chi connectivity index (χ1n) is 4.27. The second-order valence-corrected chi connectivity index (χ2v) is 3.12. The Labute approximate surface area is 109 Å². The molecular weight excluding hydrogens is 253 g/mol. The van der Waals surface area contributed by atoms with Crippen molar-refractivity contribution >= 4 is 11.6 Å². The van der Waals surface area contributed by atoms with Crippen LogP contribution in [0.25, 0.3) is 5.32 Å². The zero-order valence-electron chi connectivity index (χ0n) is 8.10. The van der Waals surface area contributed by atoms with Crippen LogP contribution in [-0.4, -0.2) is 19.5 Å². The molecule has 0 saturated carbocycles. The molecule has 1 aromatic carbocycles. The molecule has 0 saturated heterocycles. The van der Waals surface area contributed by atoms with Gasteiger partial charge in [0.05, 0.1) is 0 Å². The summed E-state index contributed by atoms with van der Waals surface area (Å²) in [5.74, 6) is 0.0601. The number of hydrogen-bond donors (Lipinski definition) is 0. The van der Waals surface area contributed by atoms with Crippen LogP contribution in [0.4, 0.5) is 5.69 Å². The Balaban J connectivity index is 0.000000980. The summed E-state index contributed by atoms with van der Waals surface area (Å²) in [6, 6.07) is 7.87. The van der Waals surface area contributed by atoms with Crippen LogP contribution >= 0.6 is 0 Å². The van der Waals surface area contributed by atoms with Gasteiger partial charge in [-0.25, -0.2) is 0 Å². The predicted octanol–water partition coefficient (Wildman–Crippen LogP) is 1.53. The SMILES string of the molecule is CN1C(=O)C[N-]Cc2ccccc21.[Y]. The normalized spacial score (nSPS) is 15.5. The molecule has 0 fully saturated rings. The minimum Gasteiger partial charge on any atom is -0.651 e. The van der Waals surface area contributed by atoms with Crippen LogP contribution in [0.1, 0.15) is 5.56 Å². The number of rotatable bonds is 0. The van der Waals surface area contributed by atoms with Gasteiger partial charge in [-0.3, -0.25) is 4.79 Å². The van der Waals surface area contributed by atoms with Gasteiger partial charge in [-0.1, -0.05) is 24.7 Å². The van der Waals surface area contributed by atoms with E-state index in [0.717, 1.165) is 11.3 Å². The van der Waals surface area contributed by atoms with Crippen molar-refractivity contribution in [2.24, 2.45) is 0 Å². The second-order valence-electron chi connectivity index (χ2n) is 3.12. The quantitative estimate of drug-likeness (QED) is 0.699. The van der Waals surface area contributed by atoms with Gasteiger partial charge in [0.15, 0.2) is 0 Å². The number of hydrogen-bond acceptors (Lipinski definition) is 1. The van der Waals surface area contributed by atoms with Gasteiger partial charge < -0.3 is 10.2 Å². The first-order chi connectivity index (χ1) is 6.29. The number of benzene rings is 1. The van der Waals surface area contributed by atoms with Gasteiger partial charge in [0.2, 0.25) is 5.91 Å². The monoisotopic (exact) mass is 264 g/mol. The van der Waals surface area contributed by atoms with Crippen molar-refractivity contribution in [1.82, 2.24) is 0 Å². The topological polar surface area (TPSA) is 34.4 Å². The maximum absolute atomic E-state index is 11.4. The van der Waals surface area contributed by atoms with E-state index in [1.807, 2.05) is 24.3 Å². The van der Waals surface area contributed by atoms with Gasteiger partial charge >= 0.3 is 0 Å². The molecule has 0 bridgehead atoms. The van der Waals surface area contributed by atoms with Crippen LogP contribution in [0.15, 0.2) is 24.3 Å². The number of carbonyl (C=O) groups excluding carboxylic acids is 1. The number of para-hydroxylation sites is 1. The van der Waals surface area contributed by atoms with Gasteiger partial charge in [-0.05, 0) is 11.6 Å². The molecule has 71 valence electrons. The Morgan fingerprint density at radius 3 is 2.79 bits per heavy atom. The van der Waals surface area contributed by atoms with Crippen molar-refractivity contribution in [2.75, 3.05) is 18.5 Å². The van der Waals surface area contributed by atoms with Crippen LogP contribution in [0, 0.1) is 0 Å². The number of likely N-dealkylation sites (N-methyl/N-ethyl adjacent to an activating group) is 1. The van der Waals surface area contributed by atoms with E-state index in [2.05, 4.69) is 5.32 Å². The van der Waals surface area contributed by atoms with Gasteiger partial charge in [-0.15, -0.1) is 6.54 Å². The van der Waals surface area contributed by atoms with Gasteiger partial charge in [-0.2, -0.15) is 0 Å². The fourth-order valence-corrected chi connectivity index (χ4v) is 1.48. The molecule has 0 atom stereocenters. The molecule has 0 aromatic heterocycles. The molecule has 1 heterocycles. The zero-order chi connectivity index (χ0) is 9.26. The maximum Gasteiger partial charge on any atom is 0.206 e. The standard InChI is InChI=1S/C10H11N2O.Y/c1-12-9-5-3-2-4-8(9)6-11-7-10(12)13;/h2-5H,6-7H2,1H3;/q-1;. The summed E-state index contributed by atoms with van der Waals surface area (Å²) in [6.45, 7) is 0.942. The van der Waals surface area contributed by atoms with E-state index in [1.54, 1.807) is 11.9 Å². The predicted molar refractivity (Wildman–Crippen MR) is 51.8 cm³/mol. The summed E-state index contributed by atoms with van der Waals surface area (Å²) in [5.41, 5.74) is 2.10. The van der Waals surface area contributed by atoms with Crippen molar-refractivity contribution in [2.45, 2.75) is 6.54 Å². The molecule has 0 N–H and O–H groups in total. The van der Waals surface area contributed by atoms with Crippen molar-refractivity contribution in [3.8, 4) is 0 Å². The van der Waals surface area contributed by atoms with Crippen molar-refractivity contribution < 1.29 is 37.5 Å². The average molecular weight is 264 g/mol. The fraction of sp³-hybridized carbons (Fsp3) is 0.300. The number of anilines is 1. The maximum atomic E-state index is 11.4. The van der Waals surface area contributed by atoms with E-state index >= 15 is 0 Å². The smallest absolute Gasteiger partial charge is 0.206 e. The summed E-state index contributed by atoms with van der Waals surface area (Å²) in [6.07, 6.45) is 0. The Hall–Kier alpha value is -0.246. The third-order valence-electron chi connectivity index (χ3n) is 2.26. The van der Waals surface area contributed by atoms with Crippen LogP contribution < -0.4 is 4.90 Å². The minimum absolute atomic E-state index is 0. The summed E-state index contributed by atoms with van der Waals surface area (Å²) < 4.78 is 0. The Morgan fingerprint density at radius 1 is 1.29 bits per heavy atom. The van der Waals surface area contributed by atoms with Crippen LogP contribution in [0.5, 0.6) is 0 Å². The molecule has 4 heteroatoms. The fourth-order valence-electron chi connectivity index (χ4n) is 1.48. The second kappa shape index (κ2) is 5.01. The average Bonchev–Trinajstić information content (AvgIpc) is 2.29. The van der Waals surface area contributed by atoms with Crippen LogP contribution in [0.2, 0.25) is 0 Å². The molecule has 2 rings (SSSR count). The molecule has 0 spiro atoms. The first-order valence-corrected chi connectivity index (χ1v) is 4.27. The van der Waals surface area contributed by atoms with Crippen LogP contribution in [-0.2, 0) is 44.0 Å². The molecule has 1 aliphatic heterocycles. The van der Waals surface area contributed by atoms with Crippen molar-refractivity contribution in [3.63, 3.8) is 0 Å². The first kappa shape index (κ1) is 11.8. The Morgan fingerprint density at radius 2 is 2.00 bits per heavy atom. The molecule has 0 unspecified atom stereocenters. The van der Waals surface area contributed by atoms with E-state index in [1.165, 1.54) is 0 Å². The zero-order valence-corrected chi connectivity index (χ0v) is 10.9. The van der Waals surface area contributed by atoms with E-state index in [4.69, 9.17) is 0 Å². The molecule has 1 aliphatic rings. The van der Waals surface area contributed by atoms with Crippen LogP contribution in [0.3, 0.4) is 0 Å². The molecule has 1 amide bonds.